The predicted octanol–water partition coefficient (Wildman–Crippen LogP) is -27.7. The van der Waals surface area contributed by atoms with Crippen LogP contribution in [0.4, 0.5) is 0 Å². The molecule has 50 atom stereocenters. The Morgan fingerprint density at radius 1 is 0.357 bits per heavy atom. The van der Waals surface area contributed by atoms with E-state index in [-0.39, 0.29) is 77.4 Å². The van der Waals surface area contributed by atoms with E-state index in [2.05, 4.69) is 53.6 Å². The molecule has 0 spiro atoms. The van der Waals surface area contributed by atoms with Gasteiger partial charge in [-0.1, -0.05) is 13.8 Å². The molecule has 10 aliphatic rings. The van der Waals surface area contributed by atoms with Gasteiger partial charge in [-0.15, -0.1) is 5.92 Å². The molecule has 6 amide bonds. The van der Waals surface area contributed by atoms with E-state index in [0.717, 1.165) is 41.9 Å². The third-order valence-electron chi connectivity index (χ3n) is 24.9. The van der Waals surface area contributed by atoms with E-state index in [1.54, 1.807) is 6.29 Å². The number of rotatable bonds is 33. The molecule has 64 heteroatoms. The number of aliphatic hydroxyl groups is 22. The van der Waals surface area contributed by atoms with E-state index in [1.807, 2.05) is 0 Å². The molecule has 792 valence electrons. The van der Waals surface area contributed by atoms with Crippen molar-refractivity contribution in [1.82, 2.24) is 53.6 Å². The van der Waals surface area contributed by atoms with Crippen LogP contribution in [0.3, 0.4) is 0 Å². The Bertz CT molecular complexity index is 3990. The summed E-state index contributed by atoms with van der Waals surface area (Å²) in [6, 6.07) is -6.82. The average molecular weight is 2090 g/mol. The van der Waals surface area contributed by atoms with Crippen LogP contribution in [0.25, 0.3) is 0 Å². The number of hydrazine groups is 2. The number of thiocarbonyl (C=S) groups is 2. The Labute approximate surface area is 850 Å². The Hall–Kier alpha value is -4.30. The molecule has 9 heterocycles. The van der Waals surface area contributed by atoms with Gasteiger partial charge in [0.25, 0.3) is 11.8 Å². The molecular formula is C76H123N10Na2O50S2-. The minimum absolute atomic E-state index is 0. The quantitative estimate of drug-likeness (QED) is 0.0126. The Morgan fingerprint density at radius 3 is 0.964 bits per heavy atom. The zero-order chi connectivity index (χ0) is 101. The van der Waals surface area contributed by atoms with Crippen molar-refractivity contribution in [3.8, 4) is 0 Å². The summed E-state index contributed by atoms with van der Waals surface area (Å²) in [5, 5.41) is 273. The number of aliphatic hydroxyl groups excluding tert-OH is 22. The first-order valence-electron chi connectivity index (χ1n) is 43.3. The summed E-state index contributed by atoms with van der Waals surface area (Å²) >= 11 is 10.8. The van der Waals surface area contributed by atoms with Gasteiger partial charge in [-0.25, -0.2) is 0 Å². The zero-order valence-corrected chi connectivity index (χ0v) is 82.3. The average Bonchev–Trinajstić information content (AvgIpc) is 0.761. The zero-order valence-electron chi connectivity index (χ0n) is 76.6. The number of carbonyl (C=O) groups is 7. The number of carboxylic acids is 1. The van der Waals surface area contributed by atoms with Crippen LogP contribution >= 0.6 is 24.4 Å². The molecule has 1 aliphatic carbocycles. The van der Waals surface area contributed by atoms with Gasteiger partial charge in [-0.05, 0) is 43.2 Å². The summed E-state index contributed by atoms with van der Waals surface area (Å²) in [7, 11) is 2.22. The normalized spacial score (nSPS) is 44.2. The van der Waals surface area contributed by atoms with Gasteiger partial charge >= 0.3 is 59.1 Å². The maximum atomic E-state index is 14.8. The smallest absolute Gasteiger partial charge is 0.870 e. The number of carbonyl (C=O) groups excluding carboxylic acids is 8. The van der Waals surface area contributed by atoms with Crippen molar-refractivity contribution in [2.45, 2.75) is 343 Å². The molecule has 10 fully saturated rings. The third kappa shape index (κ3) is 28.4. The maximum Gasteiger partial charge on any atom is 1.00 e. The summed E-state index contributed by atoms with van der Waals surface area (Å²) < 4.78 is 105. The molecule has 9 saturated heterocycles. The molecule has 60 nitrogen and oxygen atoms in total. The van der Waals surface area contributed by atoms with Gasteiger partial charge in [0.1, 0.15) is 201 Å². The second-order valence-corrected chi connectivity index (χ2v) is 34.9. The molecule has 0 radical (unpaired) electrons. The van der Waals surface area contributed by atoms with Gasteiger partial charge < -0.3 is 250 Å². The standard InChI is InChI=1S/C76H123N10O49S2.2Na.H2O/c1-9-24-37(97)49(109)72(127-54(24)65(116)117)130-58-35(82-22(6)95)69(126-31(17-91)44(58)104)132-60-48(108)53(113)74(129-57-33(80-20(4)93)67(119-8)124-29(15-89)43(57)103)134-62(60)64(115)84-86-76(137)78-12-27-40(100)46(106)51(111)71(122-27)135-70-50(110)45(105)39(99)26(121-70)11-77-75(136)85-83-63(114)61-59(47(107)52(112)73(133-61)128-56-32(79-19(3)92)66(118-7)123-28(14-88)42(56)102)131-68-34(81-21(5)94)55(41(101)30(16-90)125-68)120-25-10-23(13-87)18(2)36(96)38(25)98;;;/h18,23-62,66-74,88-91,96-113H,9-12,14-17H2,1-8H3,(H,79,92)(H,80,93)(H,81,94)(H,82,95)(H,83,114)(H,84,115)(H,116,117)(H2,77,85,136)(H2,78,86,137);;;1H2/q-1;2*+1;/p-2/t18-,23?,24+,25-,26?,27?,28?,29?,30?,31?,32?,33?,34?,35?,36+,37+,38?,39-,40-,41-,42-,43-,44-,45+,46+,47-,48-,49?,50?,51?,52?,53?,54?,55-,56-,57-,58-,59+,60+,61?,62?,66-,67-,68+,69+,70-,71-,72+,73-,74-;;;/m1.../s1. The molecule has 0 aromatic rings. The van der Waals surface area contributed by atoms with Crippen LogP contribution in [-0.4, -0.2) is 518 Å². The van der Waals surface area contributed by atoms with E-state index in [4.69, 9.17) is 110 Å². The molecule has 1 saturated carbocycles. The van der Waals surface area contributed by atoms with Crippen LogP contribution in [-0.2, 0) is 124 Å². The molecule has 140 heavy (non-hydrogen) atoms. The fourth-order valence-corrected chi connectivity index (χ4v) is 17.7. The molecule has 0 bridgehead atoms. The van der Waals surface area contributed by atoms with Crippen molar-refractivity contribution >= 4 is 82.4 Å². The summed E-state index contributed by atoms with van der Waals surface area (Å²) in [4.78, 5) is 105. The van der Waals surface area contributed by atoms with Crippen molar-refractivity contribution < 1.29 is 306 Å². The van der Waals surface area contributed by atoms with E-state index < -0.39 is 397 Å². The van der Waals surface area contributed by atoms with E-state index in [0.29, 0.717) is 0 Å². The first-order valence-corrected chi connectivity index (χ1v) is 44.1. The number of hydrogen-bond donors (Lipinski definition) is 32. The number of carboxylic acid groups (broad SMARTS) is 1. The summed E-state index contributed by atoms with van der Waals surface area (Å²) in [6.07, 6.45) is -86.0. The van der Waals surface area contributed by atoms with E-state index in [9.17, 15) is 156 Å². The van der Waals surface area contributed by atoms with Gasteiger partial charge in [0, 0.05) is 60.9 Å². The SMILES string of the molecule is CC[C@@H]1C(C(=O)[O-])O[C@@H](O[C@@H]2C(NC(C)=O)[C@H](O[C@@H]3C(C(=O)NNC(=S)NCC4O[C@H](O[C@H]5OC(CNC(=S)NNC(=O)C6O[C@@H](O[C@@H]7C(NC(C)=O)[C@H](OC)OC(CO)[C@H]7O)C(O)[C@@H](O)[C@@H]6O[C@@H]6OC(CO)[C@@H](O)[C@H](O[C@@H]7CC([C-]=O)[C@@H](C)[C@H](O)C7O)C6NC(C)=O)[C@@H](O)[C@H](O)C5O)C(O)[C@@H](O)[C@@H]4O)O[C@@H](O[C@@H]4C(NC(C)=O)[C@H](OC)OC(CO)[C@H]4O)C(O)[C@H]3O)OC(CO)[C@H]2O)C(O)[C@H]1O.[Na+].[Na+].[OH-]. The molecule has 0 aromatic heterocycles. The van der Waals surface area contributed by atoms with Crippen molar-refractivity contribution in [2.75, 3.05) is 53.7 Å². The van der Waals surface area contributed by atoms with Crippen LogP contribution in [0.2, 0.25) is 0 Å². The number of hydrogen-bond acceptors (Lipinski definition) is 52. The summed E-state index contributed by atoms with van der Waals surface area (Å²) in [6.45, 7) is 1.38. The third-order valence-corrected chi connectivity index (χ3v) is 25.4. The van der Waals surface area contributed by atoms with Gasteiger partial charge in [-0.3, -0.25) is 56.8 Å². The van der Waals surface area contributed by atoms with Crippen molar-refractivity contribution in [2.24, 2.45) is 17.8 Å². The van der Waals surface area contributed by atoms with E-state index in [1.165, 1.54) is 13.8 Å². The number of amides is 6. The van der Waals surface area contributed by atoms with Gasteiger partial charge in [0.2, 0.25) is 23.6 Å². The fourth-order valence-electron chi connectivity index (χ4n) is 17.5. The monoisotopic (exact) mass is 2090 g/mol. The predicted molar refractivity (Wildman–Crippen MR) is 440 cm³/mol. The van der Waals surface area contributed by atoms with E-state index >= 15 is 0 Å². The molecule has 20 unspecified atom stereocenters. The topological polar surface area (TPSA) is 921 Å². The van der Waals surface area contributed by atoms with Crippen molar-refractivity contribution in [3.63, 3.8) is 0 Å². The summed E-state index contributed by atoms with van der Waals surface area (Å²) in [5.74, 6) is -11.4. The van der Waals surface area contributed by atoms with Crippen LogP contribution < -0.4 is 118 Å². The second kappa shape index (κ2) is 54.8. The Balaban J connectivity index is 0.00000888. The van der Waals surface area contributed by atoms with Crippen LogP contribution in [0.1, 0.15) is 54.4 Å². The number of ether oxygens (including phenoxy) is 18. The Morgan fingerprint density at radius 2 is 0.650 bits per heavy atom. The summed E-state index contributed by atoms with van der Waals surface area (Å²) in [5.41, 5.74) is 8.78. The second-order valence-electron chi connectivity index (χ2n) is 34.1. The molecule has 33 N–H and O–H groups in total. The first kappa shape index (κ1) is 123. The van der Waals surface area contributed by atoms with Crippen molar-refractivity contribution in [3.05, 3.63) is 0 Å². The van der Waals surface area contributed by atoms with Crippen molar-refractivity contribution in [1.29, 1.82) is 0 Å². The molecule has 0 aromatic carbocycles. The van der Waals surface area contributed by atoms with Crippen LogP contribution in [0, 0.1) is 17.8 Å². The molecule has 10 rings (SSSR count). The largest absolute Gasteiger partial charge is 1.00 e. The Kier molecular flexibility index (Phi) is 48.0. The van der Waals surface area contributed by atoms with Gasteiger partial charge in [0.05, 0.1) is 50.7 Å². The molecule has 9 aliphatic heterocycles. The van der Waals surface area contributed by atoms with Crippen LogP contribution in [0.15, 0.2) is 0 Å². The molecular weight excluding hydrogens is 1960 g/mol. The fraction of sp³-hybridized carbons (Fsp3) is 0.868. The first-order chi connectivity index (χ1) is 64.7. The number of aliphatic carboxylic acids is 1. The van der Waals surface area contributed by atoms with Gasteiger partial charge in [0.15, 0.2) is 79.0 Å². The van der Waals surface area contributed by atoms with Crippen LogP contribution in [0.5, 0.6) is 0 Å². The van der Waals surface area contributed by atoms with Gasteiger partial charge in [-0.2, -0.15) is 0 Å². The minimum Gasteiger partial charge on any atom is -0.870 e. The maximum absolute atomic E-state index is 14.8. The minimum atomic E-state index is -2.50. The number of nitrogens with one attached hydrogen (secondary N) is 10. The number of methoxy groups -OCH3 is 2.